The van der Waals surface area contributed by atoms with E-state index in [2.05, 4.69) is 48.5 Å². The van der Waals surface area contributed by atoms with Gasteiger partial charge in [0.1, 0.15) is 23.0 Å². The Morgan fingerprint density at radius 1 is 0.463 bits per heavy atom. The summed E-state index contributed by atoms with van der Waals surface area (Å²) in [7, 11) is 0. The molecule has 0 radical (unpaired) electrons. The number of rotatable bonds is 7. The third kappa shape index (κ3) is 6.20. The third-order valence-electron chi connectivity index (χ3n) is 9.41. The zero-order valence-electron chi connectivity index (χ0n) is 23.7. The largest absolute Gasteiger partial charge is 0.457 e. The van der Waals surface area contributed by atoms with Crippen molar-refractivity contribution in [2.45, 2.75) is 62.8 Å². The summed E-state index contributed by atoms with van der Waals surface area (Å²) in [5.74, 6) is 4.83. The molecule has 41 heavy (non-hydrogen) atoms. The molecule has 0 amide bonds. The summed E-state index contributed by atoms with van der Waals surface area (Å²) in [6, 6.07) is 32.9. The molecule has 2 aliphatic carbocycles. The Morgan fingerprint density at radius 2 is 0.805 bits per heavy atom. The molecule has 0 aliphatic heterocycles. The van der Waals surface area contributed by atoms with Gasteiger partial charge in [-0.05, 0) is 147 Å². The topological polar surface area (TPSA) is 96.5 Å². The fraction of sp³-hybridized carbons (Fsp3) is 0.333. The second-order valence-electron chi connectivity index (χ2n) is 12.0. The predicted molar refractivity (Wildman–Crippen MR) is 167 cm³/mol. The van der Waals surface area contributed by atoms with Crippen molar-refractivity contribution in [3.05, 3.63) is 108 Å². The van der Waals surface area contributed by atoms with Gasteiger partial charge in [-0.2, -0.15) is 0 Å². The minimum absolute atomic E-state index is 0.0406. The summed E-state index contributed by atoms with van der Waals surface area (Å²) < 4.78 is 12.2. The number of benzene rings is 4. The van der Waals surface area contributed by atoms with E-state index in [1.165, 1.54) is 49.7 Å². The van der Waals surface area contributed by atoms with Crippen molar-refractivity contribution in [3.63, 3.8) is 0 Å². The highest BCUT2D eigenvalue weighted by Gasteiger charge is 2.40. The third-order valence-corrected chi connectivity index (χ3v) is 9.41. The average molecular weight is 548 g/mol. The molecule has 0 atom stereocenters. The van der Waals surface area contributed by atoms with E-state index in [0.717, 1.165) is 59.1 Å². The van der Waals surface area contributed by atoms with Gasteiger partial charge in [-0.25, -0.2) is 0 Å². The van der Waals surface area contributed by atoms with Crippen LogP contribution in [0.2, 0.25) is 0 Å². The molecular formula is C36H41N3O2. The van der Waals surface area contributed by atoms with E-state index >= 15 is 0 Å². The van der Waals surface area contributed by atoms with E-state index in [9.17, 15) is 0 Å². The molecule has 2 fully saturated rings. The van der Waals surface area contributed by atoms with E-state index in [0.29, 0.717) is 6.04 Å². The van der Waals surface area contributed by atoms with Crippen LogP contribution in [-0.4, -0.2) is 6.04 Å². The molecule has 212 valence electrons. The van der Waals surface area contributed by atoms with Gasteiger partial charge in [-0.1, -0.05) is 24.3 Å². The van der Waals surface area contributed by atoms with Crippen LogP contribution in [0.3, 0.4) is 0 Å². The molecule has 0 unspecified atom stereocenters. The highest BCUT2D eigenvalue weighted by molar-refractivity contribution is 5.47. The van der Waals surface area contributed by atoms with Gasteiger partial charge in [0, 0.05) is 22.8 Å². The number of nitrogens with two attached hydrogens (primary N) is 3. The van der Waals surface area contributed by atoms with E-state index < -0.39 is 0 Å². The van der Waals surface area contributed by atoms with E-state index in [1.807, 2.05) is 48.5 Å². The first kappa shape index (κ1) is 27.2. The van der Waals surface area contributed by atoms with Crippen molar-refractivity contribution in [1.82, 2.24) is 0 Å². The van der Waals surface area contributed by atoms with Crippen LogP contribution in [0.1, 0.15) is 62.5 Å². The summed E-state index contributed by atoms with van der Waals surface area (Å²) in [4.78, 5) is 0. The summed E-state index contributed by atoms with van der Waals surface area (Å²) in [6.45, 7) is 0. The van der Waals surface area contributed by atoms with Gasteiger partial charge in [-0.3, -0.25) is 0 Å². The Balaban J connectivity index is 1.24. The zero-order valence-corrected chi connectivity index (χ0v) is 23.7. The molecule has 2 saturated carbocycles. The van der Waals surface area contributed by atoms with Crippen molar-refractivity contribution in [2.75, 3.05) is 11.5 Å². The van der Waals surface area contributed by atoms with Crippen molar-refractivity contribution in [2.24, 2.45) is 17.6 Å². The van der Waals surface area contributed by atoms with Crippen LogP contribution in [0.4, 0.5) is 11.4 Å². The van der Waals surface area contributed by atoms with E-state index in [4.69, 9.17) is 26.7 Å². The molecule has 0 bridgehead atoms. The molecule has 0 saturated heterocycles. The van der Waals surface area contributed by atoms with Crippen LogP contribution < -0.4 is 26.7 Å². The van der Waals surface area contributed by atoms with Gasteiger partial charge in [0.05, 0.1) is 0 Å². The van der Waals surface area contributed by atoms with E-state index in [1.54, 1.807) is 0 Å². The van der Waals surface area contributed by atoms with E-state index in [-0.39, 0.29) is 5.41 Å². The fourth-order valence-corrected chi connectivity index (χ4v) is 6.99. The quantitative estimate of drug-likeness (QED) is 0.202. The van der Waals surface area contributed by atoms with Crippen LogP contribution in [0.5, 0.6) is 23.0 Å². The lowest BCUT2D eigenvalue weighted by Crippen LogP contribution is -2.37. The minimum atomic E-state index is -0.0406. The predicted octanol–water partition coefficient (Wildman–Crippen LogP) is 8.43. The molecule has 0 heterocycles. The summed E-state index contributed by atoms with van der Waals surface area (Å²) in [6.07, 6.45) is 9.68. The lowest BCUT2D eigenvalue weighted by molar-refractivity contribution is 0.157. The molecule has 0 spiro atoms. The Morgan fingerprint density at radius 3 is 1.20 bits per heavy atom. The van der Waals surface area contributed by atoms with Gasteiger partial charge in [0.15, 0.2) is 0 Å². The molecule has 4 aromatic carbocycles. The smallest absolute Gasteiger partial charge is 0.127 e. The molecule has 6 rings (SSSR count). The van der Waals surface area contributed by atoms with Crippen LogP contribution >= 0.6 is 0 Å². The number of hydrogen-bond donors (Lipinski definition) is 3. The van der Waals surface area contributed by atoms with Crippen molar-refractivity contribution in [1.29, 1.82) is 0 Å². The second-order valence-corrected chi connectivity index (χ2v) is 12.0. The first-order valence-electron chi connectivity index (χ1n) is 15.0. The molecule has 4 aromatic rings. The minimum Gasteiger partial charge on any atom is -0.457 e. The van der Waals surface area contributed by atoms with Crippen molar-refractivity contribution < 1.29 is 9.47 Å². The highest BCUT2D eigenvalue weighted by atomic mass is 16.5. The van der Waals surface area contributed by atoms with Crippen LogP contribution in [-0.2, 0) is 5.41 Å². The van der Waals surface area contributed by atoms with Gasteiger partial charge in [-0.15, -0.1) is 0 Å². The summed E-state index contributed by atoms with van der Waals surface area (Å²) in [5.41, 5.74) is 22.0. The standard InChI is InChI=1S/C36H41N3O2/c37-29-7-1-25(2-8-29)26-21-23-36(24-22-26,27-3-13-32(14-4-27)40-34-17-9-30(38)10-18-34)28-5-15-33(16-6-28)41-35-19-11-31(39)12-20-35/h3-6,9-20,25-26,29H,1-2,7-8,21-24,37-39H2. The van der Waals surface area contributed by atoms with Gasteiger partial charge in [0.2, 0.25) is 0 Å². The Bertz CT molecular complexity index is 1310. The maximum atomic E-state index is 6.22. The van der Waals surface area contributed by atoms with Crippen molar-refractivity contribution >= 4 is 11.4 Å². The summed E-state index contributed by atoms with van der Waals surface area (Å²) in [5, 5.41) is 0. The lowest BCUT2D eigenvalue weighted by Gasteiger charge is -2.44. The molecule has 6 N–H and O–H groups in total. The van der Waals surface area contributed by atoms with Crippen LogP contribution in [0.15, 0.2) is 97.1 Å². The van der Waals surface area contributed by atoms with Gasteiger partial charge < -0.3 is 26.7 Å². The maximum absolute atomic E-state index is 6.22. The highest BCUT2D eigenvalue weighted by Crippen LogP contribution is 2.50. The first-order chi connectivity index (χ1) is 20.0. The monoisotopic (exact) mass is 547 g/mol. The Labute approximate surface area is 243 Å². The zero-order chi connectivity index (χ0) is 28.2. The van der Waals surface area contributed by atoms with Crippen LogP contribution in [0.25, 0.3) is 0 Å². The molecule has 5 heteroatoms. The van der Waals surface area contributed by atoms with Crippen LogP contribution in [0, 0.1) is 11.8 Å². The summed E-state index contributed by atoms with van der Waals surface area (Å²) >= 11 is 0. The fourth-order valence-electron chi connectivity index (χ4n) is 6.99. The number of hydrogen-bond acceptors (Lipinski definition) is 5. The van der Waals surface area contributed by atoms with Crippen molar-refractivity contribution in [3.8, 4) is 23.0 Å². The molecule has 2 aliphatic rings. The second kappa shape index (κ2) is 11.9. The molecule has 0 aromatic heterocycles. The first-order valence-corrected chi connectivity index (χ1v) is 15.0. The maximum Gasteiger partial charge on any atom is 0.127 e. The number of anilines is 2. The van der Waals surface area contributed by atoms with Gasteiger partial charge in [0.25, 0.3) is 0 Å². The Hall–Kier alpha value is -3.96. The normalized spacial score (nSPS) is 20.8. The number of nitrogen functional groups attached to an aromatic ring is 2. The molecular weight excluding hydrogens is 506 g/mol. The molecule has 5 nitrogen and oxygen atoms in total. The number of ether oxygens (including phenoxy) is 2. The SMILES string of the molecule is Nc1ccc(Oc2ccc(C3(c4ccc(Oc5ccc(N)cc5)cc4)CCC(C4CCC(N)CC4)CC3)cc2)cc1. The van der Waals surface area contributed by atoms with Gasteiger partial charge >= 0.3 is 0 Å². The average Bonchev–Trinajstić information content (AvgIpc) is 3.01. The lowest BCUT2D eigenvalue weighted by atomic mass is 9.60. The Kier molecular flexibility index (Phi) is 7.89.